The van der Waals surface area contributed by atoms with Gasteiger partial charge in [0.05, 0.1) is 5.56 Å². The molecule has 2 rings (SSSR count). The van der Waals surface area contributed by atoms with Crippen LogP contribution in [0.15, 0.2) is 24.3 Å². The molecule has 0 bridgehead atoms. The molecule has 1 heterocycles. The minimum atomic E-state index is -4.38. The Bertz CT molecular complexity index is 553. The Morgan fingerprint density at radius 2 is 1.92 bits per heavy atom. The van der Waals surface area contributed by atoms with E-state index in [4.69, 9.17) is 4.74 Å². The van der Waals surface area contributed by atoms with Gasteiger partial charge < -0.3 is 9.64 Å². The van der Waals surface area contributed by atoms with Crippen molar-refractivity contribution in [3.63, 3.8) is 0 Å². The van der Waals surface area contributed by atoms with E-state index in [2.05, 4.69) is 0 Å². The maximum atomic E-state index is 13.1. The molecular weight excluding hydrogens is 319 g/mol. The zero-order valence-corrected chi connectivity index (χ0v) is 14.1. The summed E-state index contributed by atoms with van der Waals surface area (Å²) in [5.74, 6) is -0.0585. The number of halogens is 3. The first kappa shape index (κ1) is 18.8. The van der Waals surface area contributed by atoms with Gasteiger partial charge in [-0.05, 0) is 44.7 Å². The van der Waals surface area contributed by atoms with E-state index in [-0.39, 0.29) is 29.9 Å². The van der Waals surface area contributed by atoms with Crippen LogP contribution in [0.3, 0.4) is 0 Å². The Kier molecular flexibility index (Phi) is 6.27. The maximum absolute atomic E-state index is 13.1. The zero-order valence-electron chi connectivity index (χ0n) is 14.1. The van der Waals surface area contributed by atoms with Crippen molar-refractivity contribution in [1.29, 1.82) is 0 Å². The average molecular weight is 343 g/mol. The van der Waals surface area contributed by atoms with Gasteiger partial charge in [0.1, 0.15) is 0 Å². The lowest BCUT2D eigenvalue weighted by atomic mass is 9.95. The molecule has 1 unspecified atom stereocenters. The highest BCUT2D eigenvalue weighted by Crippen LogP contribution is 2.33. The molecule has 0 aromatic heterocycles. The molecule has 1 aliphatic heterocycles. The fraction of sp³-hybridized carbons (Fsp3) is 0.611. The van der Waals surface area contributed by atoms with E-state index in [1.165, 1.54) is 12.1 Å². The first-order valence-electron chi connectivity index (χ1n) is 8.38. The molecule has 1 fully saturated rings. The smallest absolute Gasteiger partial charge is 0.381 e. The van der Waals surface area contributed by atoms with Crippen molar-refractivity contribution in [2.24, 2.45) is 5.92 Å². The molecule has 1 aromatic rings. The van der Waals surface area contributed by atoms with Crippen molar-refractivity contribution in [3.05, 3.63) is 35.4 Å². The molecule has 0 N–H and O–H groups in total. The lowest BCUT2D eigenvalue weighted by molar-refractivity contribution is -0.140. The molecule has 0 aliphatic carbocycles. The van der Waals surface area contributed by atoms with E-state index in [1.807, 2.05) is 13.8 Å². The molecule has 1 saturated heterocycles. The number of ether oxygens (including phenoxy) is 1. The molecule has 1 atom stereocenters. The van der Waals surface area contributed by atoms with Crippen LogP contribution in [0.1, 0.15) is 37.8 Å². The number of amides is 1. The van der Waals surface area contributed by atoms with E-state index < -0.39 is 11.7 Å². The molecule has 0 saturated carbocycles. The van der Waals surface area contributed by atoms with Crippen molar-refractivity contribution in [1.82, 2.24) is 4.90 Å². The highest BCUT2D eigenvalue weighted by molar-refractivity contribution is 5.79. The monoisotopic (exact) mass is 343 g/mol. The third-order valence-corrected chi connectivity index (χ3v) is 4.56. The Morgan fingerprint density at radius 3 is 2.50 bits per heavy atom. The zero-order chi connectivity index (χ0) is 17.7. The van der Waals surface area contributed by atoms with E-state index in [0.717, 1.165) is 6.07 Å². The molecule has 1 aliphatic rings. The summed E-state index contributed by atoms with van der Waals surface area (Å²) < 4.78 is 44.7. The Labute approximate surface area is 140 Å². The molecule has 1 amide bonds. The minimum Gasteiger partial charge on any atom is -0.381 e. The van der Waals surface area contributed by atoms with Crippen molar-refractivity contribution in [2.45, 2.75) is 45.3 Å². The van der Waals surface area contributed by atoms with Gasteiger partial charge in [-0.15, -0.1) is 0 Å². The van der Waals surface area contributed by atoms with Crippen LogP contribution in [-0.4, -0.2) is 36.6 Å². The number of rotatable bonds is 5. The van der Waals surface area contributed by atoms with Gasteiger partial charge in [0, 0.05) is 31.7 Å². The quantitative estimate of drug-likeness (QED) is 0.811. The first-order chi connectivity index (χ1) is 11.3. The molecule has 3 nitrogen and oxygen atoms in total. The first-order valence-corrected chi connectivity index (χ1v) is 8.38. The van der Waals surface area contributed by atoms with Crippen molar-refractivity contribution in [3.8, 4) is 0 Å². The number of nitrogens with zero attached hydrogens (tertiary/aromatic N) is 1. The maximum Gasteiger partial charge on any atom is 0.416 e. The number of likely N-dealkylation sites (N-methyl/N-ethyl adjacent to an activating group) is 1. The lowest BCUT2D eigenvalue weighted by Gasteiger charge is -2.33. The fourth-order valence-electron chi connectivity index (χ4n) is 3.27. The molecule has 134 valence electrons. The Morgan fingerprint density at radius 1 is 1.29 bits per heavy atom. The standard InChI is InChI=1S/C18H24F3NO2/c1-3-22(17(23)14-8-10-24-11-9-14)13(2)12-15-6-4-5-7-16(15)18(19,20)21/h4-7,13-14H,3,8-12H2,1-2H3. The van der Waals surface area contributed by atoms with Crippen LogP contribution in [0.25, 0.3) is 0 Å². The van der Waals surface area contributed by atoms with Crippen LogP contribution in [0, 0.1) is 5.92 Å². The second-order valence-corrected chi connectivity index (χ2v) is 6.22. The van der Waals surface area contributed by atoms with Gasteiger partial charge in [0.25, 0.3) is 0 Å². The summed E-state index contributed by atoms with van der Waals surface area (Å²) in [4.78, 5) is 14.4. The van der Waals surface area contributed by atoms with Gasteiger partial charge in [0.2, 0.25) is 5.91 Å². The molecule has 1 aromatic carbocycles. The second kappa shape index (κ2) is 8.01. The third kappa shape index (κ3) is 4.50. The van der Waals surface area contributed by atoms with Gasteiger partial charge in [0.15, 0.2) is 0 Å². The summed E-state index contributed by atoms with van der Waals surface area (Å²) in [6.07, 6.45) is -2.82. The number of alkyl halides is 3. The van der Waals surface area contributed by atoms with E-state index in [1.54, 1.807) is 11.0 Å². The second-order valence-electron chi connectivity index (χ2n) is 6.22. The van der Waals surface area contributed by atoms with Crippen LogP contribution in [-0.2, 0) is 22.1 Å². The molecule has 0 radical (unpaired) electrons. The minimum absolute atomic E-state index is 0.0257. The number of carbonyl (C=O) groups excluding carboxylic acids is 1. The van der Waals surface area contributed by atoms with Gasteiger partial charge >= 0.3 is 6.18 Å². The number of carbonyl (C=O) groups is 1. The number of hydrogen-bond donors (Lipinski definition) is 0. The van der Waals surface area contributed by atoms with Crippen LogP contribution >= 0.6 is 0 Å². The summed E-state index contributed by atoms with van der Waals surface area (Å²) >= 11 is 0. The molecule has 0 spiro atoms. The molecular formula is C18H24F3NO2. The van der Waals surface area contributed by atoms with E-state index in [9.17, 15) is 18.0 Å². The summed E-state index contributed by atoms with van der Waals surface area (Å²) in [6.45, 7) is 5.31. The van der Waals surface area contributed by atoms with Crippen molar-refractivity contribution >= 4 is 5.91 Å². The SMILES string of the molecule is CCN(C(=O)C1CCOCC1)C(C)Cc1ccccc1C(F)(F)F. The summed E-state index contributed by atoms with van der Waals surface area (Å²) in [5.41, 5.74) is -0.387. The fourth-order valence-corrected chi connectivity index (χ4v) is 3.27. The summed E-state index contributed by atoms with van der Waals surface area (Å²) in [7, 11) is 0. The van der Waals surface area contributed by atoms with E-state index >= 15 is 0 Å². The van der Waals surface area contributed by atoms with Crippen LogP contribution in [0.4, 0.5) is 13.2 Å². The van der Waals surface area contributed by atoms with Gasteiger partial charge in [-0.3, -0.25) is 4.79 Å². The van der Waals surface area contributed by atoms with Gasteiger partial charge in [-0.25, -0.2) is 0 Å². The number of hydrogen-bond acceptors (Lipinski definition) is 2. The van der Waals surface area contributed by atoms with Gasteiger partial charge in [-0.2, -0.15) is 13.2 Å². The van der Waals surface area contributed by atoms with Crippen LogP contribution < -0.4 is 0 Å². The average Bonchev–Trinajstić information content (AvgIpc) is 2.55. The predicted molar refractivity (Wildman–Crippen MR) is 85.5 cm³/mol. The number of benzene rings is 1. The summed E-state index contributed by atoms with van der Waals surface area (Å²) in [6, 6.07) is 5.30. The lowest BCUT2D eigenvalue weighted by Crippen LogP contribution is -2.44. The highest BCUT2D eigenvalue weighted by Gasteiger charge is 2.34. The van der Waals surface area contributed by atoms with Crippen LogP contribution in [0.2, 0.25) is 0 Å². The van der Waals surface area contributed by atoms with E-state index in [0.29, 0.717) is 32.6 Å². The molecule has 24 heavy (non-hydrogen) atoms. The van der Waals surface area contributed by atoms with Crippen molar-refractivity contribution < 1.29 is 22.7 Å². The predicted octanol–water partition coefficient (Wildman–Crippen LogP) is 3.91. The van der Waals surface area contributed by atoms with Crippen molar-refractivity contribution in [2.75, 3.05) is 19.8 Å². The summed E-state index contributed by atoms with van der Waals surface area (Å²) in [5, 5.41) is 0. The molecule has 6 heteroatoms. The van der Waals surface area contributed by atoms with Gasteiger partial charge in [-0.1, -0.05) is 18.2 Å². The van der Waals surface area contributed by atoms with Crippen LogP contribution in [0.5, 0.6) is 0 Å². The largest absolute Gasteiger partial charge is 0.416 e. The Hall–Kier alpha value is -1.56. The third-order valence-electron chi connectivity index (χ3n) is 4.56. The normalized spacial score (nSPS) is 17.5. The Balaban J connectivity index is 2.12. The topological polar surface area (TPSA) is 29.5 Å². The highest BCUT2D eigenvalue weighted by atomic mass is 19.4.